The maximum absolute atomic E-state index is 9.65. The van der Waals surface area contributed by atoms with Crippen LogP contribution < -0.4 is 5.32 Å². The Labute approximate surface area is 121 Å². The zero-order chi connectivity index (χ0) is 14.0. The third-order valence-electron chi connectivity index (χ3n) is 2.96. The van der Waals surface area contributed by atoms with Crippen molar-refractivity contribution < 1.29 is 5.11 Å². The first kappa shape index (κ1) is 14.6. The summed E-state index contributed by atoms with van der Waals surface area (Å²) in [4.78, 5) is 11.3. The minimum absolute atomic E-state index is 0.104. The Morgan fingerprint density at radius 1 is 1.42 bits per heavy atom. The zero-order valence-electron chi connectivity index (χ0n) is 11.6. The lowest BCUT2D eigenvalue weighted by Crippen LogP contribution is -2.15. The normalized spacial score (nSPS) is 14.6. The number of aliphatic hydroxyl groups excluding tert-OH is 1. The number of thiophene rings is 1. The van der Waals surface area contributed by atoms with Crippen LogP contribution in [0.25, 0.3) is 10.2 Å². The molecule has 6 heteroatoms. The Hall–Kier alpha value is -0.850. The molecule has 0 aromatic carbocycles. The van der Waals surface area contributed by atoms with Crippen molar-refractivity contribution in [3.05, 3.63) is 10.9 Å². The van der Waals surface area contributed by atoms with E-state index in [2.05, 4.69) is 28.3 Å². The van der Waals surface area contributed by atoms with Crippen molar-refractivity contribution in [3.63, 3.8) is 0 Å². The number of nitrogens with one attached hydrogen (secondary N) is 1. The third kappa shape index (κ3) is 3.19. The van der Waals surface area contributed by atoms with Gasteiger partial charge in [0.25, 0.3) is 0 Å². The molecule has 2 N–H and O–H groups in total. The molecule has 0 aliphatic heterocycles. The zero-order valence-corrected chi connectivity index (χ0v) is 13.2. The first-order valence-electron chi connectivity index (χ1n) is 6.38. The van der Waals surface area contributed by atoms with Gasteiger partial charge in [-0.3, -0.25) is 0 Å². The highest BCUT2D eigenvalue weighted by molar-refractivity contribution is 8.00. The van der Waals surface area contributed by atoms with E-state index in [4.69, 9.17) is 0 Å². The average Bonchev–Trinajstić information content (AvgIpc) is 2.81. The van der Waals surface area contributed by atoms with Crippen LogP contribution in [0, 0.1) is 0 Å². The van der Waals surface area contributed by atoms with Gasteiger partial charge in [0, 0.05) is 22.6 Å². The van der Waals surface area contributed by atoms with E-state index in [1.807, 2.05) is 14.0 Å². The third-order valence-corrected chi connectivity index (χ3v) is 5.43. The lowest BCUT2D eigenvalue weighted by Gasteiger charge is -2.14. The molecule has 2 aromatic heterocycles. The average molecular weight is 297 g/mol. The summed E-state index contributed by atoms with van der Waals surface area (Å²) in [5.41, 5.74) is 0. The van der Waals surface area contributed by atoms with E-state index in [1.54, 1.807) is 30.0 Å². The Morgan fingerprint density at radius 2 is 2.16 bits per heavy atom. The second kappa shape index (κ2) is 6.07. The molecule has 2 rings (SSSR count). The van der Waals surface area contributed by atoms with Gasteiger partial charge in [-0.25, -0.2) is 9.97 Å². The monoisotopic (exact) mass is 297 g/mol. The number of rotatable bonds is 5. The van der Waals surface area contributed by atoms with Crippen molar-refractivity contribution in [2.24, 2.45) is 0 Å². The molecule has 0 spiro atoms. The van der Waals surface area contributed by atoms with E-state index in [0.717, 1.165) is 21.7 Å². The maximum Gasteiger partial charge on any atom is 0.224 e. The Balaban J connectivity index is 2.47. The van der Waals surface area contributed by atoms with Crippen molar-refractivity contribution >= 4 is 39.3 Å². The molecule has 2 heterocycles. The maximum atomic E-state index is 9.65. The fourth-order valence-corrected chi connectivity index (χ4v) is 3.60. The Kier molecular flexibility index (Phi) is 4.65. The topological polar surface area (TPSA) is 58.0 Å². The number of aryl methyl sites for hydroxylation is 1. The van der Waals surface area contributed by atoms with Gasteiger partial charge in [0.1, 0.15) is 9.86 Å². The number of fused-ring (bicyclic) bond motifs is 1. The van der Waals surface area contributed by atoms with Gasteiger partial charge in [-0.05, 0) is 19.4 Å². The molecule has 4 nitrogen and oxygen atoms in total. The fraction of sp³-hybridized carbons (Fsp3) is 0.538. The van der Waals surface area contributed by atoms with E-state index < -0.39 is 0 Å². The highest BCUT2D eigenvalue weighted by atomic mass is 32.2. The SMILES string of the molecule is CCc1cc2c(SC(C)C(C)O)nc(NC)nc2s1. The molecule has 0 saturated carbocycles. The van der Waals surface area contributed by atoms with Crippen molar-refractivity contribution in [2.75, 3.05) is 12.4 Å². The van der Waals surface area contributed by atoms with Crippen LogP contribution in [0.5, 0.6) is 0 Å². The van der Waals surface area contributed by atoms with Gasteiger partial charge >= 0.3 is 0 Å². The van der Waals surface area contributed by atoms with Crippen LogP contribution in [0.15, 0.2) is 11.1 Å². The second-order valence-electron chi connectivity index (χ2n) is 4.45. The molecule has 0 aliphatic rings. The lowest BCUT2D eigenvalue weighted by molar-refractivity contribution is 0.196. The van der Waals surface area contributed by atoms with Crippen LogP contribution in [0.1, 0.15) is 25.6 Å². The lowest BCUT2D eigenvalue weighted by atomic mass is 10.3. The van der Waals surface area contributed by atoms with Crippen LogP contribution in [0.4, 0.5) is 5.95 Å². The van der Waals surface area contributed by atoms with Crippen molar-refractivity contribution in [1.82, 2.24) is 9.97 Å². The summed E-state index contributed by atoms with van der Waals surface area (Å²) >= 11 is 3.31. The summed E-state index contributed by atoms with van der Waals surface area (Å²) in [5, 5.41) is 14.8. The molecule has 0 radical (unpaired) electrons. The number of aliphatic hydroxyl groups is 1. The number of aromatic nitrogens is 2. The molecule has 0 aliphatic carbocycles. The van der Waals surface area contributed by atoms with Gasteiger partial charge < -0.3 is 10.4 Å². The molecule has 104 valence electrons. The molecule has 0 bridgehead atoms. The van der Waals surface area contributed by atoms with Gasteiger partial charge in [0.15, 0.2) is 0 Å². The van der Waals surface area contributed by atoms with Gasteiger partial charge in [-0.2, -0.15) is 0 Å². The largest absolute Gasteiger partial charge is 0.392 e. The molecule has 2 atom stereocenters. The summed E-state index contributed by atoms with van der Waals surface area (Å²) in [7, 11) is 1.82. The van der Waals surface area contributed by atoms with Gasteiger partial charge in [-0.1, -0.05) is 25.6 Å². The molecule has 19 heavy (non-hydrogen) atoms. The predicted octanol–water partition coefficient (Wildman–Crippen LogP) is 3.16. The van der Waals surface area contributed by atoms with Gasteiger partial charge in [0.05, 0.1) is 6.10 Å². The van der Waals surface area contributed by atoms with Crippen LogP contribution in [0.2, 0.25) is 0 Å². The first-order valence-corrected chi connectivity index (χ1v) is 8.07. The highest BCUT2D eigenvalue weighted by Crippen LogP contribution is 2.35. The van der Waals surface area contributed by atoms with Crippen LogP contribution in [-0.4, -0.2) is 33.5 Å². The first-order chi connectivity index (χ1) is 9.05. The minimum Gasteiger partial charge on any atom is -0.392 e. The van der Waals surface area contributed by atoms with Crippen molar-refractivity contribution in [1.29, 1.82) is 0 Å². The van der Waals surface area contributed by atoms with Crippen LogP contribution in [-0.2, 0) is 6.42 Å². The molecule has 2 unspecified atom stereocenters. The summed E-state index contributed by atoms with van der Waals surface area (Å²) < 4.78 is 0. The standard InChI is InChI=1S/C13H19N3OS2/c1-5-9-6-10-11(18-8(3)7(2)17)15-13(14-4)16-12(10)19-9/h6-8,17H,5H2,1-4H3,(H,14,15,16). The van der Waals surface area contributed by atoms with Crippen LogP contribution >= 0.6 is 23.1 Å². The van der Waals surface area contributed by atoms with Crippen LogP contribution in [0.3, 0.4) is 0 Å². The number of hydrogen-bond acceptors (Lipinski definition) is 6. The molecular weight excluding hydrogens is 278 g/mol. The molecule has 0 fully saturated rings. The number of anilines is 1. The van der Waals surface area contributed by atoms with Gasteiger partial charge in [-0.15, -0.1) is 11.3 Å². The van der Waals surface area contributed by atoms with E-state index in [-0.39, 0.29) is 11.4 Å². The summed E-state index contributed by atoms with van der Waals surface area (Å²) in [6.07, 6.45) is 0.642. The van der Waals surface area contributed by atoms with E-state index in [1.165, 1.54) is 4.88 Å². The molecule has 0 amide bonds. The molecule has 2 aromatic rings. The number of hydrogen-bond donors (Lipinski definition) is 2. The van der Waals surface area contributed by atoms with E-state index in [9.17, 15) is 5.11 Å². The summed E-state index contributed by atoms with van der Waals surface area (Å²) in [6, 6.07) is 2.16. The van der Waals surface area contributed by atoms with E-state index in [0.29, 0.717) is 5.95 Å². The Morgan fingerprint density at radius 3 is 2.74 bits per heavy atom. The number of thioether (sulfide) groups is 1. The molecular formula is C13H19N3OS2. The van der Waals surface area contributed by atoms with E-state index >= 15 is 0 Å². The second-order valence-corrected chi connectivity index (χ2v) is 6.93. The van der Waals surface area contributed by atoms with Crippen molar-refractivity contribution in [2.45, 2.75) is 43.6 Å². The minimum atomic E-state index is -0.364. The summed E-state index contributed by atoms with van der Waals surface area (Å²) in [5.74, 6) is 0.636. The van der Waals surface area contributed by atoms with Crippen molar-refractivity contribution in [3.8, 4) is 0 Å². The summed E-state index contributed by atoms with van der Waals surface area (Å²) in [6.45, 7) is 5.96. The Bertz CT molecular complexity index is 568. The smallest absolute Gasteiger partial charge is 0.224 e. The fourth-order valence-electron chi connectivity index (χ4n) is 1.60. The highest BCUT2D eigenvalue weighted by Gasteiger charge is 2.16. The quantitative estimate of drug-likeness (QED) is 0.656. The molecule has 0 saturated heterocycles. The van der Waals surface area contributed by atoms with Gasteiger partial charge in [0.2, 0.25) is 5.95 Å². The predicted molar refractivity (Wildman–Crippen MR) is 83.3 cm³/mol. The number of nitrogens with zero attached hydrogens (tertiary/aromatic N) is 2.